The van der Waals surface area contributed by atoms with E-state index >= 15 is 0 Å². The van der Waals surface area contributed by atoms with Crippen LogP contribution in [0.5, 0.6) is 11.5 Å². The Morgan fingerprint density at radius 2 is 1.76 bits per heavy atom. The third kappa shape index (κ3) is 3.81. The molecule has 3 aromatic rings. The summed E-state index contributed by atoms with van der Waals surface area (Å²) in [6.07, 6.45) is 0. The Balaban J connectivity index is 1.74. The summed E-state index contributed by atoms with van der Waals surface area (Å²) in [6, 6.07) is 14.1. The summed E-state index contributed by atoms with van der Waals surface area (Å²) >= 11 is 0. The van der Waals surface area contributed by atoms with Gasteiger partial charge in [0.25, 0.3) is 0 Å². The van der Waals surface area contributed by atoms with Gasteiger partial charge in [-0.05, 0) is 24.6 Å². The molecule has 1 aromatic heterocycles. The molecule has 0 fully saturated rings. The molecule has 1 unspecified atom stereocenters. The molecule has 2 aromatic carbocycles. The minimum atomic E-state index is -4.11. The predicted molar refractivity (Wildman–Crippen MR) is 104 cm³/mol. The van der Waals surface area contributed by atoms with Crippen LogP contribution in [0.4, 0.5) is 5.82 Å². The molecule has 4 rings (SSSR count). The molecular weight excluding hydrogens is 396 g/mol. The Morgan fingerprint density at radius 1 is 1.03 bits per heavy atom. The number of ether oxygens (including phenoxy) is 2. The molecule has 1 aliphatic heterocycles. The zero-order chi connectivity index (χ0) is 20.4. The number of hydrogen-bond donors (Lipinski definition) is 1. The van der Waals surface area contributed by atoms with Gasteiger partial charge in [0.2, 0.25) is 5.91 Å². The largest absolute Gasteiger partial charge is 0.486 e. The quantitative estimate of drug-likeness (QED) is 0.684. The number of hydrogen-bond acceptors (Lipinski definition) is 7. The highest BCUT2D eigenvalue weighted by Crippen LogP contribution is 2.36. The molecule has 1 amide bonds. The molecule has 1 N–H and O–H groups in total. The second-order valence-corrected chi connectivity index (χ2v) is 8.49. The van der Waals surface area contributed by atoms with Gasteiger partial charge < -0.3 is 19.3 Å². The highest BCUT2D eigenvalue weighted by Gasteiger charge is 2.36. The van der Waals surface area contributed by atoms with Crippen molar-refractivity contribution < 1.29 is 27.2 Å². The van der Waals surface area contributed by atoms with Gasteiger partial charge in [-0.15, -0.1) is 0 Å². The number of rotatable bonds is 5. The molecule has 0 saturated heterocycles. The van der Waals surface area contributed by atoms with Gasteiger partial charge in [-0.25, -0.2) is 8.42 Å². The zero-order valence-electron chi connectivity index (χ0n) is 15.5. The summed E-state index contributed by atoms with van der Waals surface area (Å²) in [5.41, 5.74) is 0.333. The summed E-state index contributed by atoms with van der Waals surface area (Å²) in [4.78, 5) is 13.0. The van der Waals surface area contributed by atoms with Crippen LogP contribution < -0.4 is 14.8 Å². The Bertz CT molecular complexity index is 1140. The van der Waals surface area contributed by atoms with Crippen LogP contribution in [0, 0.1) is 6.92 Å². The molecule has 0 spiro atoms. The van der Waals surface area contributed by atoms with E-state index in [1.807, 2.05) is 0 Å². The topological polar surface area (TPSA) is 108 Å². The smallest absolute Gasteiger partial charge is 0.248 e. The van der Waals surface area contributed by atoms with E-state index in [2.05, 4.69) is 10.5 Å². The van der Waals surface area contributed by atoms with Crippen LogP contribution in [-0.4, -0.2) is 32.7 Å². The van der Waals surface area contributed by atoms with E-state index in [4.69, 9.17) is 14.0 Å². The third-order valence-corrected chi connectivity index (χ3v) is 6.39. The van der Waals surface area contributed by atoms with Gasteiger partial charge in [0.15, 0.2) is 32.4 Å². The first-order valence-electron chi connectivity index (χ1n) is 8.88. The number of nitrogens with one attached hydrogen (secondary N) is 1. The third-order valence-electron chi connectivity index (χ3n) is 4.37. The molecule has 9 heteroatoms. The molecule has 0 radical (unpaired) electrons. The number of sulfone groups is 1. The lowest BCUT2D eigenvalue weighted by Crippen LogP contribution is -2.28. The lowest BCUT2D eigenvalue weighted by atomic mass is 10.1. The van der Waals surface area contributed by atoms with Crippen molar-refractivity contribution in [3.05, 3.63) is 65.9 Å². The molecule has 1 aliphatic rings. The van der Waals surface area contributed by atoms with Crippen molar-refractivity contribution in [2.24, 2.45) is 0 Å². The monoisotopic (exact) mass is 414 g/mol. The molecule has 0 aliphatic carbocycles. The standard InChI is InChI=1S/C20H18N2O6S/c1-13-11-18(22-28-13)21-20(23)19(14-5-3-2-4-6-14)29(24,25)15-7-8-16-17(12-15)27-10-9-26-16/h2-8,11-12,19H,9-10H2,1H3,(H,21,22,23). The van der Waals surface area contributed by atoms with Crippen molar-refractivity contribution >= 4 is 21.6 Å². The first kappa shape index (κ1) is 19.0. The van der Waals surface area contributed by atoms with Crippen LogP contribution in [0.15, 0.2) is 64.0 Å². The number of aryl methyl sites for hydroxylation is 1. The van der Waals surface area contributed by atoms with Crippen LogP contribution >= 0.6 is 0 Å². The van der Waals surface area contributed by atoms with E-state index in [1.165, 1.54) is 24.3 Å². The number of carbonyl (C=O) groups excluding carboxylic acids is 1. The molecule has 150 valence electrons. The van der Waals surface area contributed by atoms with Gasteiger partial charge >= 0.3 is 0 Å². The summed E-state index contributed by atoms with van der Waals surface area (Å²) in [6.45, 7) is 2.39. The van der Waals surface area contributed by atoms with Crippen molar-refractivity contribution in [2.45, 2.75) is 17.1 Å². The number of amides is 1. The van der Waals surface area contributed by atoms with Crippen molar-refractivity contribution in [3.63, 3.8) is 0 Å². The fraction of sp³-hybridized carbons (Fsp3) is 0.200. The highest BCUT2D eigenvalue weighted by atomic mass is 32.2. The molecule has 29 heavy (non-hydrogen) atoms. The van der Waals surface area contributed by atoms with Gasteiger partial charge in [0, 0.05) is 12.1 Å². The van der Waals surface area contributed by atoms with Crippen LogP contribution in [0.3, 0.4) is 0 Å². The predicted octanol–water partition coefficient (Wildman–Crippen LogP) is 2.91. The van der Waals surface area contributed by atoms with Crippen molar-refractivity contribution in [1.82, 2.24) is 5.16 Å². The first-order chi connectivity index (χ1) is 13.9. The summed E-state index contributed by atoms with van der Waals surface area (Å²) in [5.74, 6) is 0.696. The van der Waals surface area contributed by atoms with Crippen molar-refractivity contribution in [2.75, 3.05) is 18.5 Å². The maximum absolute atomic E-state index is 13.5. The minimum absolute atomic E-state index is 0.0397. The summed E-state index contributed by atoms with van der Waals surface area (Å²) in [7, 11) is -4.11. The highest BCUT2D eigenvalue weighted by molar-refractivity contribution is 7.92. The van der Waals surface area contributed by atoms with Crippen LogP contribution in [0.25, 0.3) is 0 Å². The Hall–Kier alpha value is -3.33. The fourth-order valence-corrected chi connectivity index (χ4v) is 4.71. The maximum Gasteiger partial charge on any atom is 0.248 e. The molecule has 0 saturated carbocycles. The first-order valence-corrected chi connectivity index (χ1v) is 10.4. The molecular formula is C20H18N2O6S. The normalized spacial score (nSPS) is 14.2. The second-order valence-electron chi connectivity index (χ2n) is 6.45. The zero-order valence-corrected chi connectivity index (χ0v) is 16.3. The minimum Gasteiger partial charge on any atom is -0.486 e. The van der Waals surface area contributed by atoms with Crippen LogP contribution in [0.2, 0.25) is 0 Å². The molecule has 1 atom stereocenters. The Labute approximate surface area is 167 Å². The van der Waals surface area contributed by atoms with Crippen molar-refractivity contribution in [1.29, 1.82) is 0 Å². The summed E-state index contributed by atoms with van der Waals surface area (Å²) in [5, 5.41) is 4.74. The molecule has 8 nitrogen and oxygen atoms in total. The fourth-order valence-electron chi connectivity index (χ4n) is 3.05. The van der Waals surface area contributed by atoms with Crippen molar-refractivity contribution in [3.8, 4) is 11.5 Å². The van der Waals surface area contributed by atoms with Gasteiger partial charge in [-0.2, -0.15) is 0 Å². The average molecular weight is 414 g/mol. The van der Waals surface area contributed by atoms with E-state index in [-0.39, 0.29) is 10.7 Å². The lowest BCUT2D eigenvalue weighted by molar-refractivity contribution is -0.116. The van der Waals surface area contributed by atoms with E-state index < -0.39 is 21.0 Å². The van der Waals surface area contributed by atoms with Gasteiger partial charge in [0.1, 0.15) is 19.0 Å². The number of benzene rings is 2. The van der Waals surface area contributed by atoms with E-state index in [0.29, 0.717) is 36.0 Å². The second kappa shape index (κ2) is 7.59. The van der Waals surface area contributed by atoms with Gasteiger partial charge in [-0.3, -0.25) is 4.79 Å². The van der Waals surface area contributed by atoms with Gasteiger partial charge in [0.05, 0.1) is 4.90 Å². The molecule has 0 bridgehead atoms. The number of carbonyl (C=O) groups is 1. The maximum atomic E-state index is 13.5. The van der Waals surface area contributed by atoms with Crippen LogP contribution in [0.1, 0.15) is 16.6 Å². The van der Waals surface area contributed by atoms with Crippen LogP contribution in [-0.2, 0) is 14.6 Å². The van der Waals surface area contributed by atoms with E-state index in [9.17, 15) is 13.2 Å². The number of fused-ring (bicyclic) bond motifs is 1. The SMILES string of the molecule is Cc1cc(NC(=O)C(c2ccccc2)S(=O)(=O)c2ccc3c(c2)OCCO3)no1. The van der Waals surface area contributed by atoms with Gasteiger partial charge in [-0.1, -0.05) is 35.5 Å². The number of anilines is 1. The Morgan fingerprint density at radius 3 is 2.45 bits per heavy atom. The average Bonchev–Trinajstić information content (AvgIpc) is 3.12. The lowest BCUT2D eigenvalue weighted by Gasteiger charge is -2.21. The van der Waals surface area contributed by atoms with E-state index in [0.717, 1.165) is 0 Å². The number of aromatic nitrogens is 1. The summed E-state index contributed by atoms with van der Waals surface area (Å²) < 4.78 is 42.8. The number of nitrogens with zero attached hydrogens (tertiary/aromatic N) is 1. The van der Waals surface area contributed by atoms with E-state index in [1.54, 1.807) is 37.3 Å². The molecule has 2 heterocycles. The Kier molecular flexibility index (Phi) is 4.98.